The Hall–Kier alpha value is -1.53. The highest BCUT2D eigenvalue weighted by Gasteiger charge is 2.11. The fourth-order valence-electron chi connectivity index (χ4n) is 1.88. The van der Waals surface area contributed by atoms with Gasteiger partial charge in [0.15, 0.2) is 0 Å². The van der Waals surface area contributed by atoms with Gasteiger partial charge in [0.1, 0.15) is 18.4 Å². The minimum atomic E-state index is -0.250. The van der Waals surface area contributed by atoms with Crippen LogP contribution in [0.15, 0.2) is 18.2 Å². The Kier molecular flexibility index (Phi) is 6.38. The van der Waals surface area contributed by atoms with Gasteiger partial charge in [-0.2, -0.15) is 5.26 Å². The maximum Gasteiger partial charge on any atom is 0.130 e. The number of benzene rings is 1. The fourth-order valence-corrected chi connectivity index (χ4v) is 1.88. The van der Waals surface area contributed by atoms with E-state index < -0.39 is 0 Å². The molecular formula is C16H24N2O. The summed E-state index contributed by atoms with van der Waals surface area (Å²) < 4.78 is 5.84. The van der Waals surface area contributed by atoms with Gasteiger partial charge in [-0.3, -0.25) is 5.32 Å². The van der Waals surface area contributed by atoms with Crippen LogP contribution in [0.5, 0.6) is 5.75 Å². The van der Waals surface area contributed by atoms with Crippen LogP contribution in [0.3, 0.4) is 0 Å². The number of hydrogen-bond acceptors (Lipinski definition) is 3. The topological polar surface area (TPSA) is 45.0 Å². The summed E-state index contributed by atoms with van der Waals surface area (Å²) >= 11 is 0. The first-order chi connectivity index (χ1) is 9.08. The second kappa shape index (κ2) is 7.81. The smallest absolute Gasteiger partial charge is 0.130 e. The lowest BCUT2D eigenvalue weighted by Gasteiger charge is -2.17. The third-order valence-corrected chi connectivity index (χ3v) is 2.99. The van der Waals surface area contributed by atoms with Crippen molar-refractivity contribution in [3.63, 3.8) is 0 Å². The lowest BCUT2D eigenvalue weighted by atomic mass is 10.0. The van der Waals surface area contributed by atoms with Gasteiger partial charge in [-0.1, -0.05) is 32.9 Å². The van der Waals surface area contributed by atoms with Crippen LogP contribution in [0.2, 0.25) is 0 Å². The second-order valence-corrected chi connectivity index (χ2v) is 5.14. The number of rotatable bonds is 7. The Balaban J connectivity index is 2.70. The van der Waals surface area contributed by atoms with Crippen molar-refractivity contribution in [1.29, 1.82) is 5.26 Å². The molecule has 1 aromatic rings. The van der Waals surface area contributed by atoms with Crippen LogP contribution in [0.25, 0.3) is 0 Å². The summed E-state index contributed by atoms with van der Waals surface area (Å²) in [5.41, 5.74) is 2.37. The van der Waals surface area contributed by atoms with Crippen LogP contribution >= 0.6 is 0 Å². The molecule has 1 atom stereocenters. The van der Waals surface area contributed by atoms with Crippen molar-refractivity contribution in [2.24, 2.45) is 0 Å². The van der Waals surface area contributed by atoms with E-state index in [0.29, 0.717) is 12.5 Å². The molecule has 1 aromatic carbocycles. The Labute approximate surface area is 116 Å². The van der Waals surface area contributed by atoms with Crippen molar-refractivity contribution < 1.29 is 4.74 Å². The number of aryl methyl sites for hydroxylation is 1. The summed E-state index contributed by atoms with van der Waals surface area (Å²) in [6.45, 7) is 9.66. The summed E-state index contributed by atoms with van der Waals surface area (Å²) in [5.74, 6) is 1.31. The van der Waals surface area contributed by atoms with Gasteiger partial charge in [0.05, 0.1) is 6.07 Å². The first-order valence-electron chi connectivity index (χ1n) is 6.94. The lowest BCUT2D eigenvalue weighted by Crippen LogP contribution is -2.33. The third-order valence-electron chi connectivity index (χ3n) is 2.99. The van der Waals surface area contributed by atoms with Crippen LogP contribution in [0.1, 0.15) is 44.2 Å². The Morgan fingerprint density at radius 1 is 1.37 bits per heavy atom. The quantitative estimate of drug-likeness (QED) is 0.817. The molecule has 104 valence electrons. The molecule has 0 amide bonds. The monoisotopic (exact) mass is 260 g/mol. The van der Waals surface area contributed by atoms with Crippen molar-refractivity contribution in [3.8, 4) is 11.8 Å². The molecule has 19 heavy (non-hydrogen) atoms. The molecule has 1 unspecified atom stereocenters. The fraction of sp³-hybridized carbons (Fsp3) is 0.562. The summed E-state index contributed by atoms with van der Waals surface area (Å²) in [5, 5.41) is 12.2. The highest BCUT2D eigenvalue weighted by molar-refractivity contribution is 5.39. The maximum absolute atomic E-state index is 9.07. The van der Waals surface area contributed by atoms with Gasteiger partial charge >= 0.3 is 0 Å². The molecule has 0 aliphatic heterocycles. The minimum absolute atomic E-state index is 0.250. The van der Waals surface area contributed by atoms with Crippen molar-refractivity contribution in [2.75, 3.05) is 13.2 Å². The van der Waals surface area contributed by atoms with E-state index >= 15 is 0 Å². The van der Waals surface area contributed by atoms with Gasteiger partial charge < -0.3 is 4.74 Å². The molecule has 0 radical (unpaired) electrons. The second-order valence-electron chi connectivity index (χ2n) is 5.14. The van der Waals surface area contributed by atoms with Gasteiger partial charge in [-0.05, 0) is 43.0 Å². The molecule has 1 rings (SSSR count). The molecule has 0 spiro atoms. The standard InChI is InChI=1S/C16H24N2O/c1-5-8-18-14(10-17)11-19-16-9-13(4)6-7-15(16)12(2)3/h6-7,9,12,14,18H,5,8,11H2,1-4H3. The molecule has 3 nitrogen and oxygen atoms in total. The highest BCUT2D eigenvalue weighted by Crippen LogP contribution is 2.27. The van der Waals surface area contributed by atoms with E-state index in [2.05, 4.69) is 44.3 Å². The first kappa shape index (κ1) is 15.5. The summed E-state index contributed by atoms with van der Waals surface area (Å²) in [6.07, 6.45) is 1.01. The van der Waals surface area contributed by atoms with Crippen LogP contribution in [-0.2, 0) is 0 Å². The normalized spacial score (nSPS) is 12.2. The van der Waals surface area contributed by atoms with Gasteiger partial charge in [0.25, 0.3) is 0 Å². The number of hydrogen-bond donors (Lipinski definition) is 1. The summed E-state index contributed by atoms with van der Waals surface area (Å²) in [6, 6.07) is 8.23. The average Bonchev–Trinajstić information content (AvgIpc) is 2.38. The van der Waals surface area contributed by atoms with Gasteiger partial charge in [0.2, 0.25) is 0 Å². The van der Waals surface area contributed by atoms with E-state index in [-0.39, 0.29) is 6.04 Å². The molecule has 3 heteroatoms. The summed E-state index contributed by atoms with van der Waals surface area (Å²) in [4.78, 5) is 0. The van der Waals surface area contributed by atoms with E-state index in [1.54, 1.807) is 0 Å². The molecule has 0 aliphatic carbocycles. The van der Waals surface area contributed by atoms with Gasteiger partial charge in [0, 0.05) is 0 Å². The Morgan fingerprint density at radius 3 is 2.68 bits per heavy atom. The summed E-state index contributed by atoms with van der Waals surface area (Å²) in [7, 11) is 0. The molecule has 0 saturated heterocycles. The van der Waals surface area contributed by atoms with Crippen molar-refractivity contribution in [3.05, 3.63) is 29.3 Å². The largest absolute Gasteiger partial charge is 0.491 e. The van der Waals surface area contributed by atoms with E-state index in [4.69, 9.17) is 10.00 Å². The zero-order valence-electron chi connectivity index (χ0n) is 12.4. The predicted molar refractivity (Wildman–Crippen MR) is 78.5 cm³/mol. The molecule has 0 aliphatic rings. The molecule has 0 bridgehead atoms. The van der Waals surface area contributed by atoms with Crippen LogP contribution in [-0.4, -0.2) is 19.2 Å². The Morgan fingerprint density at radius 2 is 2.11 bits per heavy atom. The average molecular weight is 260 g/mol. The van der Waals surface area contributed by atoms with Gasteiger partial charge in [-0.15, -0.1) is 0 Å². The SMILES string of the molecule is CCCNC(C#N)COc1cc(C)ccc1C(C)C. The number of nitrogens with one attached hydrogen (secondary N) is 1. The van der Waals surface area contributed by atoms with Crippen LogP contribution < -0.4 is 10.1 Å². The third kappa shape index (κ3) is 4.92. The van der Waals surface area contributed by atoms with E-state index in [1.807, 2.05) is 13.0 Å². The van der Waals surface area contributed by atoms with E-state index in [0.717, 1.165) is 18.7 Å². The minimum Gasteiger partial charge on any atom is -0.491 e. The van der Waals surface area contributed by atoms with Crippen LogP contribution in [0.4, 0.5) is 0 Å². The van der Waals surface area contributed by atoms with E-state index in [1.165, 1.54) is 11.1 Å². The predicted octanol–water partition coefficient (Wildman–Crippen LogP) is 3.39. The van der Waals surface area contributed by atoms with Crippen molar-refractivity contribution in [1.82, 2.24) is 5.32 Å². The molecule has 1 N–H and O–H groups in total. The first-order valence-corrected chi connectivity index (χ1v) is 6.94. The highest BCUT2D eigenvalue weighted by atomic mass is 16.5. The van der Waals surface area contributed by atoms with Crippen LogP contribution in [0, 0.1) is 18.3 Å². The zero-order chi connectivity index (χ0) is 14.3. The zero-order valence-corrected chi connectivity index (χ0v) is 12.4. The van der Waals surface area contributed by atoms with E-state index in [9.17, 15) is 0 Å². The Bertz CT molecular complexity index is 435. The van der Waals surface area contributed by atoms with Gasteiger partial charge in [-0.25, -0.2) is 0 Å². The molecular weight excluding hydrogens is 236 g/mol. The molecule has 0 saturated carbocycles. The lowest BCUT2D eigenvalue weighted by molar-refractivity contribution is 0.285. The van der Waals surface area contributed by atoms with Crippen molar-refractivity contribution in [2.45, 2.75) is 46.1 Å². The number of nitriles is 1. The maximum atomic E-state index is 9.07. The van der Waals surface area contributed by atoms with Crippen molar-refractivity contribution >= 4 is 0 Å². The molecule has 0 heterocycles. The molecule has 0 fully saturated rings. The molecule has 0 aromatic heterocycles. The number of nitrogens with zero attached hydrogens (tertiary/aromatic N) is 1. The number of ether oxygens (including phenoxy) is 1.